The number of nitrogens with zero attached hydrogens (tertiary/aromatic N) is 1. The van der Waals surface area contributed by atoms with Crippen LogP contribution < -0.4 is 0 Å². The van der Waals surface area contributed by atoms with Gasteiger partial charge in [0.2, 0.25) is 10.0 Å². The lowest BCUT2D eigenvalue weighted by atomic mass is 9.97. The van der Waals surface area contributed by atoms with Gasteiger partial charge in [-0.15, -0.1) is 0 Å². The Morgan fingerprint density at radius 3 is 2.24 bits per heavy atom. The first-order valence-corrected chi connectivity index (χ1v) is 12.2. The van der Waals surface area contributed by atoms with Crippen molar-refractivity contribution in [3.63, 3.8) is 0 Å². The summed E-state index contributed by atoms with van der Waals surface area (Å²) in [6.45, 7) is 0. The number of hydrogen-bond donors (Lipinski definition) is 2. The summed E-state index contributed by atoms with van der Waals surface area (Å²) in [5.41, 5.74) is 3.12. The van der Waals surface area contributed by atoms with E-state index >= 15 is 0 Å². The van der Waals surface area contributed by atoms with Crippen LogP contribution in [0.15, 0.2) is 83.8 Å². The van der Waals surface area contributed by atoms with Crippen LogP contribution in [0.1, 0.15) is 22.3 Å². The number of hydrogen-bond acceptors (Lipinski definition) is 4. The molecular formula is C28H25NO4S. The third kappa shape index (κ3) is 4.91. The molecule has 0 saturated carbocycles. The maximum absolute atomic E-state index is 12.2. The number of rotatable bonds is 5. The molecule has 6 heteroatoms. The SMILES string of the molecule is CN(C)S(=O)(=O)c1ccc(CC#Cc2ccc3cc(O)c(Cc4ccccc4)c(O)c3c2)cc1. The highest BCUT2D eigenvalue weighted by Gasteiger charge is 2.16. The van der Waals surface area contributed by atoms with Crippen LogP contribution in [0.4, 0.5) is 0 Å². The van der Waals surface area contributed by atoms with E-state index in [1.54, 1.807) is 30.3 Å². The molecule has 0 spiro atoms. The Hall–Kier alpha value is -3.79. The van der Waals surface area contributed by atoms with Crippen molar-refractivity contribution >= 4 is 20.8 Å². The summed E-state index contributed by atoms with van der Waals surface area (Å²) in [6.07, 6.45) is 0.880. The zero-order valence-electron chi connectivity index (χ0n) is 19.0. The minimum absolute atomic E-state index is 0.0557. The van der Waals surface area contributed by atoms with Crippen LogP contribution >= 0.6 is 0 Å². The lowest BCUT2D eigenvalue weighted by Gasteiger charge is -2.11. The molecule has 0 atom stereocenters. The van der Waals surface area contributed by atoms with Crippen molar-refractivity contribution in [1.29, 1.82) is 0 Å². The molecule has 0 aliphatic heterocycles. The minimum Gasteiger partial charge on any atom is -0.507 e. The Morgan fingerprint density at radius 1 is 0.853 bits per heavy atom. The van der Waals surface area contributed by atoms with Gasteiger partial charge in [0.15, 0.2) is 0 Å². The average molecular weight is 472 g/mol. The van der Waals surface area contributed by atoms with Crippen LogP contribution in [-0.4, -0.2) is 37.0 Å². The number of benzene rings is 4. The monoisotopic (exact) mass is 471 g/mol. The number of phenolic OH excluding ortho intramolecular Hbond substituents is 2. The quantitative estimate of drug-likeness (QED) is 0.414. The highest BCUT2D eigenvalue weighted by atomic mass is 32.2. The van der Waals surface area contributed by atoms with E-state index in [2.05, 4.69) is 11.8 Å². The Kier molecular flexibility index (Phi) is 6.60. The summed E-state index contributed by atoms with van der Waals surface area (Å²) in [5.74, 6) is 6.34. The number of phenols is 2. The molecule has 0 aliphatic rings. The Bertz CT molecular complexity index is 1500. The van der Waals surface area contributed by atoms with Gasteiger partial charge in [0.1, 0.15) is 11.5 Å². The lowest BCUT2D eigenvalue weighted by Crippen LogP contribution is -2.22. The van der Waals surface area contributed by atoms with Crippen molar-refractivity contribution in [2.75, 3.05) is 14.1 Å². The van der Waals surface area contributed by atoms with Gasteiger partial charge in [-0.2, -0.15) is 0 Å². The fourth-order valence-corrected chi connectivity index (χ4v) is 4.60. The van der Waals surface area contributed by atoms with Crippen molar-refractivity contribution in [3.8, 4) is 23.3 Å². The summed E-state index contributed by atoms with van der Waals surface area (Å²) in [7, 11) is -0.449. The second-order valence-corrected chi connectivity index (χ2v) is 10.4. The molecule has 0 radical (unpaired) electrons. The van der Waals surface area contributed by atoms with Crippen LogP contribution in [-0.2, 0) is 22.9 Å². The fraction of sp³-hybridized carbons (Fsp3) is 0.143. The summed E-state index contributed by atoms with van der Waals surface area (Å²) < 4.78 is 25.6. The number of fused-ring (bicyclic) bond motifs is 1. The average Bonchev–Trinajstić information content (AvgIpc) is 2.83. The molecule has 2 N–H and O–H groups in total. The standard InChI is InChI=1S/C28H25NO4S/c1-29(2)34(32,33)24-15-12-20(13-16-24)9-6-10-22-11-14-23-19-27(30)26(28(31)25(23)17-22)18-21-7-4-3-5-8-21/h3-5,7-8,11-17,19,30-31H,9,18H2,1-2H3. The van der Waals surface area contributed by atoms with E-state index in [0.29, 0.717) is 23.8 Å². The van der Waals surface area contributed by atoms with Gasteiger partial charge >= 0.3 is 0 Å². The third-order valence-corrected chi connectivity index (χ3v) is 7.48. The highest BCUT2D eigenvalue weighted by molar-refractivity contribution is 7.89. The molecular weight excluding hydrogens is 446 g/mol. The minimum atomic E-state index is -3.45. The molecule has 0 unspecified atom stereocenters. The van der Waals surface area contributed by atoms with E-state index in [9.17, 15) is 18.6 Å². The largest absolute Gasteiger partial charge is 0.507 e. The van der Waals surface area contributed by atoms with Gasteiger partial charge in [-0.05, 0) is 46.8 Å². The summed E-state index contributed by atoms with van der Waals surface area (Å²) in [5, 5.41) is 22.7. The predicted octanol–water partition coefficient (Wildman–Crippen LogP) is 4.69. The van der Waals surface area contributed by atoms with Crippen molar-refractivity contribution < 1.29 is 18.6 Å². The summed E-state index contributed by atoms with van der Waals surface area (Å²) in [6, 6.07) is 23.5. The molecule has 0 amide bonds. The van der Waals surface area contributed by atoms with Crippen molar-refractivity contribution in [1.82, 2.24) is 4.31 Å². The predicted molar refractivity (Wildman–Crippen MR) is 134 cm³/mol. The van der Waals surface area contributed by atoms with Crippen molar-refractivity contribution in [2.24, 2.45) is 0 Å². The molecule has 0 aromatic heterocycles. The molecule has 4 aromatic carbocycles. The Balaban J connectivity index is 1.57. The molecule has 4 aromatic rings. The molecule has 0 heterocycles. The summed E-state index contributed by atoms with van der Waals surface area (Å²) >= 11 is 0. The third-order valence-electron chi connectivity index (χ3n) is 5.65. The zero-order valence-corrected chi connectivity index (χ0v) is 19.8. The van der Waals surface area contributed by atoms with E-state index in [1.807, 2.05) is 48.5 Å². The molecule has 4 rings (SSSR count). The van der Waals surface area contributed by atoms with Crippen molar-refractivity contribution in [3.05, 3.63) is 101 Å². The molecule has 34 heavy (non-hydrogen) atoms. The molecule has 0 fully saturated rings. The van der Waals surface area contributed by atoms with Crippen LogP contribution in [0.2, 0.25) is 0 Å². The van der Waals surface area contributed by atoms with E-state index in [-0.39, 0.29) is 16.4 Å². The normalized spacial score (nSPS) is 11.4. The van der Waals surface area contributed by atoms with Gasteiger partial charge < -0.3 is 10.2 Å². The topological polar surface area (TPSA) is 77.8 Å². The maximum Gasteiger partial charge on any atom is 0.242 e. The molecule has 5 nitrogen and oxygen atoms in total. The van der Waals surface area contributed by atoms with E-state index in [0.717, 1.165) is 22.1 Å². The van der Waals surface area contributed by atoms with Gasteiger partial charge in [-0.3, -0.25) is 0 Å². The first-order valence-electron chi connectivity index (χ1n) is 10.8. The van der Waals surface area contributed by atoms with E-state index in [4.69, 9.17) is 0 Å². The lowest BCUT2D eigenvalue weighted by molar-refractivity contribution is 0.445. The zero-order chi connectivity index (χ0) is 24.3. The Labute approximate surface area is 200 Å². The number of sulfonamides is 1. The Morgan fingerprint density at radius 2 is 1.56 bits per heavy atom. The highest BCUT2D eigenvalue weighted by Crippen LogP contribution is 2.37. The van der Waals surface area contributed by atoms with Crippen LogP contribution in [0.3, 0.4) is 0 Å². The van der Waals surface area contributed by atoms with Gasteiger partial charge in [-0.25, -0.2) is 12.7 Å². The maximum atomic E-state index is 12.2. The molecule has 0 bridgehead atoms. The first-order chi connectivity index (χ1) is 16.3. The van der Waals surface area contributed by atoms with Crippen LogP contribution in [0, 0.1) is 11.8 Å². The van der Waals surface area contributed by atoms with E-state index in [1.165, 1.54) is 18.4 Å². The molecule has 172 valence electrons. The first kappa shape index (κ1) is 23.4. The van der Waals surface area contributed by atoms with E-state index < -0.39 is 10.0 Å². The smallest absolute Gasteiger partial charge is 0.242 e. The fourth-order valence-electron chi connectivity index (χ4n) is 3.70. The number of aromatic hydroxyl groups is 2. The van der Waals surface area contributed by atoms with Crippen molar-refractivity contribution in [2.45, 2.75) is 17.7 Å². The van der Waals surface area contributed by atoms with Gasteiger partial charge in [0.25, 0.3) is 0 Å². The second kappa shape index (κ2) is 9.60. The van der Waals surface area contributed by atoms with Gasteiger partial charge in [0, 0.05) is 43.5 Å². The van der Waals surface area contributed by atoms with Gasteiger partial charge in [-0.1, -0.05) is 60.4 Å². The summed E-state index contributed by atoms with van der Waals surface area (Å²) in [4.78, 5) is 0.244. The molecule has 0 aliphatic carbocycles. The van der Waals surface area contributed by atoms with Crippen LogP contribution in [0.5, 0.6) is 11.5 Å². The van der Waals surface area contributed by atoms with Gasteiger partial charge in [0.05, 0.1) is 4.90 Å². The van der Waals surface area contributed by atoms with Crippen LogP contribution in [0.25, 0.3) is 10.8 Å². The second-order valence-electron chi connectivity index (χ2n) is 8.23. The molecule has 0 saturated heterocycles.